The van der Waals surface area contributed by atoms with Crippen LogP contribution >= 0.6 is 11.6 Å². The first-order valence-electron chi connectivity index (χ1n) is 14.0. The minimum absolute atomic E-state index is 0.0192. The number of amides is 1. The molecule has 4 rings (SSSR count). The van der Waals surface area contributed by atoms with Crippen molar-refractivity contribution >= 4 is 33.2 Å². The topological polar surface area (TPSA) is 99.2 Å². The first kappa shape index (κ1) is 33.6. The SMILES string of the molecule is C[C@@H]1CN([C@@H](C)CO)C(=O)Cc2cc(NS(=O)(=O)c3ccc(Cl)cc3)ccc2O[C@H]1CN(C)Cc1ccc(C(F)(F)F)cc1. The monoisotopic (exact) mass is 653 g/mol. The number of nitrogens with one attached hydrogen (secondary N) is 1. The van der Waals surface area contributed by atoms with Gasteiger partial charge >= 0.3 is 6.18 Å². The molecule has 0 spiro atoms. The maximum atomic E-state index is 13.5. The lowest BCUT2D eigenvalue weighted by Gasteiger charge is -2.34. The molecule has 8 nitrogen and oxygen atoms in total. The van der Waals surface area contributed by atoms with Gasteiger partial charge in [-0.15, -0.1) is 0 Å². The quantitative estimate of drug-likeness (QED) is 0.319. The molecule has 1 heterocycles. The van der Waals surface area contributed by atoms with Gasteiger partial charge in [0.15, 0.2) is 0 Å². The number of benzene rings is 3. The third-order valence-electron chi connectivity index (χ3n) is 7.52. The fraction of sp³-hybridized carbons (Fsp3) is 0.387. The summed E-state index contributed by atoms with van der Waals surface area (Å²) in [6.07, 6.45) is -4.95. The molecule has 0 saturated heterocycles. The summed E-state index contributed by atoms with van der Waals surface area (Å²) < 4.78 is 74.0. The number of rotatable bonds is 9. The maximum Gasteiger partial charge on any atom is 0.416 e. The summed E-state index contributed by atoms with van der Waals surface area (Å²) in [4.78, 5) is 17.0. The summed E-state index contributed by atoms with van der Waals surface area (Å²) >= 11 is 5.89. The smallest absolute Gasteiger partial charge is 0.416 e. The van der Waals surface area contributed by atoms with Crippen molar-refractivity contribution in [1.82, 2.24) is 9.80 Å². The predicted molar refractivity (Wildman–Crippen MR) is 162 cm³/mol. The number of hydrogen-bond donors (Lipinski definition) is 2. The van der Waals surface area contributed by atoms with Gasteiger partial charge < -0.3 is 14.7 Å². The molecule has 0 saturated carbocycles. The summed E-state index contributed by atoms with van der Waals surface area (Å²) in [7, 11) is -2.12. The Morgan fingerprint density at radius 3 is 2.39 bits per heavy atom. The molecule has 44 heavy (non-hydrogen) atoms. The highest BCUT2D eigenvalue weighted by atomic mass is 35.5. The minimum Gasteiger partial charge on any atom is -0.488 e. The molecule has 3 atom stereocenters. The highest BCUT2D eigenvalue weighted by molar-refractivity contribution is 7.92. The predicted octanol–water partition coefficient (Wildman–Crippen LogP) is 5.44. The van der Waals surface area contributed by atoms with Crippen LogP contribution in [-0.2, 0) is 34.0 Å². The van der Waals surface area contributed by atoms with E-state index >= 15 is 0 Å². The molecule has 0 aliphatic carbocycles. The molecule has 0 unspecified atom stereocenters. The van der Waals surface area contributed by atoms with Crippen LogP contribution in [0.25, 0.3) is 0 Å². The molecular weight excluding hydrogens is 619 g/mol. The van der Waals surface area contributed by atoms with E-state index in [-0.39, 0.29) is 35.4 Å². The number of aliphatic hydroxyl groups excluding tert-OH is 1. The average Bonchev–Trinajstić information content (AvgIpc) is 3.00. The summed E-state index contributed by atoms with van der Waals surface area (Å²) in [6.45, 7) is 4.46. The van der Waals surface area contributed by atoms with Crippen LogP contribution in [0.15, 0.2) is 71.6 Å². The van der Waals surface area contributed by atoms with Crippen molar-refractivity contribution < 1.29 is 36.2 Å². The van der Waals surface area contributed by atoms with E-state index in [0.717, 1.165) is 12.1 Å². The van der Waals surface area contributed by atoms with Crippen molar-refractivity contribution in [3.05, 3.63) is 88.4 Å². The number of anilines is 1. The van der Waals surface area contributed by atoms with Gasteiger partial charge in [-0.25, -0.2) is 8.42 Å². The number of sulfonamides is 1. The Balaban J connectivity index is 1.60. The molecule has 0 bridgehead atoms. The van der Waals surface area contributed by atoms with Crippen LogP contribution < -0.4 is 9.46 Å². The molecule has 3 aromatic carbocycles. The number of carbonyl (C=O) groups excluding carboxylic acids is 1. The third kappa shape index (κ3) is 8.44. The second kappa shape index (κ2) is 13.8. The van der Waals surface area contributed by atoms with Crippen LogP contribution in [0.3, 0.4) is 0 Å². The Morgan fingerprint density at radius 2 is 1.77 bits per heavy atom. The number of ether oxygens (including phenoxy) is 1. The fourth-order valence-electron chi connectivity index (χ4n) is 5.02. The van der Waals surface area contributed by atoms with Gasteiger partial charge in [-0.1, -0.05) is 30.7 Å². The summed E-state index contributed by atoms with van der Waals surface area (Å²) in [5, 5.41) is 10.3. The zero-order valence-electron chi connectivity index (χ0n) is 24.5. The van der Waals surface area contributed by atoms with Crippen molar-refractivity contribution in [1.29, 1.82) is 0 Å². The Bertz CT molecular complexity index is 1550. The zero-order chi connectivity index (χ0) is 32.2. The molecule has 1 aliphatic heterocycles. The molecule has 2 N–H and O–H groups in total. The van der Waals surface area contributed by atoms with Crippen LogP contribution in [0.4, 0.5) is 18.9 Å². The molecular formula is C31H35ClF3N3O5S. The van der Waals surface area contributed by atoms with E-state index in [9.17, 15) is 31.5 Å². The van der Waals surface area contributed by atoms with E-state index < -0.39 is 33.9 Å². The Hall–Kier alpha value is -3.32. The number of nitrogens with zero attached hydrogens (tertiary/aromatic N) is 2. The van der Waals surface area contributed by atoms with Crippen molar-refractivity contribution in [2.24, 2.45) is 5.92 Å². The molecule has 13 heteroatoms. The number of alkyl halides is 3. The van der Waals surface area contributed by atoms with Gasteiger partial charge in [0.05, 0.1) is 29.5 Å². The first-order chi connectivity index (χ1) is 20.7. The van der Waals surface area contributed by atoms with Gasteiger partial charge in [0.2, 0.25) is 5.91 Å². The molecule has 1 amide bonds. The lowest BCUT2D eigenvalue weighted by molar-refractivity contribution is -0.137. The lowest BCUT2D eigenvalue weighted by Crippen LogP contribution is -2.47. The summed E-state index contributed by atoms with van der Waals surface area (Å²) in [6, 6.07) is 15.0. The number of carbonyl (C=O) groups is 1. The van der Waals surface area contributed by atoms with E-state index in [0.29, 0.717) is 41.5 Å². The van der Waals surface area contributed by atoms with Gasteiger partial charge in [0, 0.05) is 41.8 Å². The van der Waals surface area contributed by atoms with E-state index in [4.69, 9.17) is 16.3 Å². The molecule has 238 valence electrons. The summed E-state index contributed by atoms with van der Waals surface area (Å²) in [5.74, 6) is -0.0390. The van der Waals surface area contributed by atoms with Gasteiger partial charge in [-0.05, 0) is 74.1 Å². The molecule has 0 fully saturated rings. The van der Waals surface area contributed by atoms with Crippen LogP contribution in [0.5, 0.6) is 5.75 Å². The van der Waals surface area contributed by atoms with Crippen LogP contribution in [0.1, 0.15) is 30.5 Å². The number of likely N-dealkylation sites (N-methyl/N-ethyl adjacent to an activating group) is 1. The second-order valence-electron chi connectivity index (χ2n) is 11.2. The van der Waals surface area contributed by atoms with E-state index in [1.54, 1.807) is 30.0 Å². The minimum atomic E-state index is -4.41. The highest BCUT2D eigenvalue weighted by Gasteiger charge is 2.32. The zero-order valence-corrected chi connectivity index (χ0v) is 26.1. The van der Waals surface area contributed by atoms with Crippen molar-refractivity contribution in [2.75, 3.05) is 31.5 Å². The van der Waals surface area contributed by atoms with Crippen molar-refractivity contribution in [3.8, 4) is 5.75 Å². The summed E-state index contributed by atoms with van der Waals surface area (Å²) in [5.41, 5.74) is 0.678. The second-order valence-corrected chi connectivity index (χ2v) is 13.3. The Kier molecular flexibility index (Phi) is 10.5. The van der Waals surface area contributed by atoms with E-state index in [2.05, 4.69) is 4.72 Å². The van der Waals surface area contributed by atoms with Gasteiger partial charge in [0.25, 0.3) is 10.0 Å². The molecule has 0 aromatic heterocycles. The van der Waals surface area contributed by atoms with Gasteiger partial charge in [-0.2, -0.15) is 13.2 Å². The van der Waals surface area contributed by atoms with Crippen LogP contribution in [0, 0.1) is 5.92 Å². The third-order valence-corrected chi connectivity index (χ3v) is 9.17. The van der Waals surface area contributed by atoms with Crippen LogP contribution in [0.2, 0.25) is 5.02 Å². The normalized spacial score (nSPS) is 18.6. The lowest BCUT2D eigenvalue weighted by atomic mass is 10.0. The van der Waals surface area contributed by atoms with Crippen LogP contribution in [-0.4, -0.2) is 68.1 Å². The van der Waals surface area contributed by atoms with Gasteiger partial charge in [-0.3, -0.25) is 14.4 Å². The van der Waals surface area contributed by atoms with Crippen molar-refractivity contribution in [3.63, 3.8) is 0 Å². The first-order valence-corrected chi connectivity index (χ1v) is 15.9. The standard InChI is InChI=1S/C31H35ClF3N3O5S/c1-20-16-38(21(2)19-39)30(40)15-23-14-26(36-44(41,42)27-11-8-25(32)9-12-27)10-13-28(23)43-29(20)18-37(3)17-22-4-6-24(7-5-22)31(33,34)35/h4-14,20-21,29,36,39H,15-19H2,1-3H3/t20-,21+,29+/m1/s1. The maximum absolute atomic E-state index is 13.5. The molecule has 3 aromatic rings. The Labute approximate surface area is 260 Å². The number of aliphatic hydroxyl groups is 1. The fourth-order valence-corrected chi connectivity index (χ4v) is 6.20. The van der Waals surface area contributed by atoms with Crippen molar-refractivity contribution in [2.45, 2.75) is 50.0 Å². The largest absolute Gasteiger partial charge is 0.488 e. The van der Waals surface area contributed by atoms with E-state index in [1.165, 1.54) is 36.4 Å². The van der Waals surface area contributed by atoms with Gasteiger partial charge in [0.1, 0.15) is 11.9 Å². The Morgan fingerprint density at radius 1 is 1.11 bits per heavy atom. The average molecular weight is 654 g/mol. The van der Waals surface area contributed by atoms with E-state index in [1.807, 2.05) is 18.9 Å². The molecule has 0 radical (unpaired) electrons. The highest BCUT2D eigenvalue weighted by Crippen LogP contribution is 2.31. The number of fused-ring (bicyclic) bond motifs is 1. The molecule has 1 aliphatic rings. The number of hydrogen-bond acceptors (Lipinski definition) is 6. The number of halogens is 4.